The highest BCUT2D eigenvalue weighted by Gasteiger charge is 2.32. The summed E-state index contributed by atoms with van der Waals surface area (Å²) in [4.78, 5) is 44.2. The second kappa shape index (κ2) is 8.49. The summed E-state index contributed by atoms with van der Waals surface area (Å²) in [6.45, 7) is 11.7. The third kappa shape index (κ3) is 4.76. The summed E-state index contributed by atoms with van der Waals surface area (Å²) in [5.74, 6) is 0. The topological polar surface area (TPSA) is 110 Å². The molecule has 0 aliphatic rings. The van der Waals surface area contributed by atoms with E-state index in [4.69, 9.17) is 9.47 Å². The van der Waals surface area contributed by atoms with E-state index < -0.39 is 28.9 Å². The van der Waals surface area contributed by atoms with Gasteiger partial charge in [-0.2, -0.15) is 9.78 Å². The lowest BCUT2D eigenvalue weighted by atomic mass is 10.2. The van der Waals surface area contributed by atoms with Crippen LogP contribution < -0.4 is 5.56 Å². The summed E-state index contributed by atoms with van der Waals surface area (Å²) in [7, 11) is 0. The molecule has 4 rings (SSSR count). The molecule has 0 aromatic carbocycles. The first-order chi connectivity index (χ1) is 16.3. The maximum atomic E-state index is 13.5. The second-order valence-electron chi connectivity index (χ2n) is 9.98. The maximum absolute atomic E-state index is 13.5. The Hall–Kier alpha value is -3.73. The zero-order valence-corrected chi connectivity index (χ0v) is 21.5. The smallest absolute Gasteiger partial charge is 0.437 e. The molecule has 0 bridgehead atoms. The van der Waals surface area contributed by atoms with Crippen LogP contribution in [0.4, 0.5) is 9.59 Å². The van der Waals surface area contributed by atoms with E-state index in [2.05, 4.69) is 10.1 Å². The molecule has 0 aliphatic heterocycles. The molecule has 4 aromatic rings. The van der Waals surface area contributed by atoms with Crippen molar-refractivity contribution in [3.63, 3.8) is 0 Å². The Morgan fingerprint density at radius 1 is 0.971 bits per heavy atom. The lowest BCUT2D eigenvalue weighted by molar-refractivity contribution is 0.0359. The van der Waals surface area contributed by atoms with Gasteiger partial charge in [0, 0.05) is 11.6 Å². The van der Waals surface area contributed by atoms with Crippen molar-refractivity contribution in [3.05, 3.63) is 52.0 Å². The molecule has 11 heteroatoms. The van der Waals surface area contributed by atoms with E-state index in [0.29, 0.717) is 15.4 Å². The fraction of sp³-hybridized carbons (Fsp3) is 0.375. The van der Waals surface area contributed by atoms with Crippen molar-refractivity contribution >= 4 is 29.0 Å². The monoisotopic (exact) mass is 497 g/mol. The summed E-state index contributed by atoms with van der Waals surface area (Å²) in [5.41, 5.74) is -0.124. The third-order valence-electron chi connectivity index (χ3n) is 4.84. The summed E-state index contributed by atoms with van der Waals surface area (Å²) in [5, 5.41) is 6.70. The molecule has 0 aliphatic carbocycles. The zero-order valence-electron chi connectivity index (χ0n) is 20.6. The standard InChI is InChI=1S/C24H27N5O5S/c1-14-18(16-13-35-19(26-16)15-12-25-27-11-9-8-10-17(15)27)20(30)29(22(32)34-24(5,6)7)28(14)21(31)33-23(2,3)4/h8-13H,1-7H3. The van der Waals surface area contributed by atoms with Gasteiger partial charge in [0.15, 0.2) is 0 Å². The first-order valence-corrected chi connectivity index (χ1v) is 11.8. The maximum Gasteiger partial charge on any atom is 0.437 e. The molecule has 4 heterocycles. The van der Waals surface area contributed by atoms with Gasteiger partial charge in [-0.15, -0.1) is 16.0 Å². The average molecular weight is 498 g/mol. The molecule has 0 saturated carbocycles. The number of nitrogens with zero attached hydrogens (tertiary/aromatic N) is 5. The minimum atomic E-state index is -0.985. The molecule has 0 N–H and O–H groups in total. The van der Waals surface area contributed by atoms with Crippen LogP contribution in [0.15, 0.2) is 40.8 Å². The Morgan fingerprint density at radius 3 is 2.23 bits per heavy atom. The Balaban J connectivity index is 1.86. The van der Waals surface area contributed by atoms with Crippen LogP contribution in [0.1, 0.15) is 47.2 Å². The molecule has 10 nitrogen and oxygen atoms in total. The van der Waals surface area contributed by atoms with Crippen LogP contribution in [0.5, 0.6) is 0 Å². The summed E-state index contributed by atoms with van der Waals surface area (Å²) in [6.07, 6.45) is 1.68. The van der Waals surface area contributed by atoms with Crippen LogP contribution in [-0.4, -0.2) is 47.4 Å². The molecule has 184 valence electrons. The molecule has 0 atom stereocenters. The van der Waals surface area contributed by atoms with Gasteiger partial charge in [0.25, 0.3) is 5.56 Å². The summed E-state index contributed by atoms with van der Waals surface area (Å²) < 4.78 is 14.2. The van der Waals surface area contributed by atoms with Crippen molar-refractivity contribution in [2.75, 3.05) is 0 Å². The van der Waals surface area contributed by atoms with Gasteiger partial charge in [0.05, 0.1) is 34.2 Å². The van der Waals surface area contributed by atoms with Gasteiger partial charge < -0.3 is 9.47 Å². The number of rotatable bonds is 2. The highest BCUT2D eigenvalue weighted by molar-refractivity contribution is 7.13. The predicted octanol–water partition coefficient (Wildman–Crippen LogP) is 4.96. The normalized spacial score (nSPS) is 12.2. The van der Waals surface area contributed by atoms with Crippen molar-refractivity contribution in [1.82, 2.24) is 24.0 Å². The van der Waals surface area contributed by atoms with Gasteiger partial charge in [-0.25, -0.2) is 19.1 Å². The van der Waals surface area contributed by atoms with Crippen molar-refractivity contribution in [1.29, 1.82) is 0 Å². The Bertz CT molecular complexity index is 1490. The average Bonchev–Trinajstić information content (AvgIpc) is 3.41. The lowest BCUT2D eigenvalue weighted by Crippen LogP contribution is -2.39. The van der Waals surface area contributed by atoms with Crippen LogP contribution in [0.3, 0.4) is 0 Å². The predicted molar refractivity (Wildman–Crippen MR) is 132 cm³/mol. The molecule has 0 spiro atoms. The number of carbonyl (C=O) groups is 2. The molecular formula is C24H27N5O5S. The number of ether oxygens (including phenoxy) is 2. The second-order valence-corrected chi connectivity index (χ2v) is 10.8. The van der Waals surface area contributed by atoms with E-state index in [1.807, 2.05) is 24.4 Å². The molecule has 0 fully saturated rings. The number of hydrogen-bond donors (Lipinski definition) is 0. The highest BCUT2D eigenvalue weighted by atomic mass is 32.1. The van der Waals surface area contributed by atoms with Crippen LogP contribution in [0, 0.1) is 6.92 Å². The highest BCUT2D eigenvalue weighted by Crippen LogP contribution is 2.32. The van der Waals surface area contributed by atoms with Crippen molar-refractivity contribution < 1.29 is 19.1 Å². The quantitative estimate of drug-likeness (QED) is 0.385. The summed E-state index contributed by atoms with van der Waals surface area (Å²) in [6, 6.07) is 5.70. The largest absolute Gasteiger partial charge is 0.442 e. The van der Waals surface area contributed by atoms with Gasteiger partial charge in [0.1, 0.15) is 16.2 Å². The number of thiazole rings is 1. The fourth-order valence-electron chi connectivity index (χ4n) is 3.51. The number of aromatic nitrogens is 5. The first kappa shape index (κ1) is 24.4. The van der Waals surface area contributed by atoms with Crippen molar-refractivity contribution in [3.8, 4) is 21.8 Å². The number of hydrogen-bond acceptors (Lipinski definition) is 8. The summed E-state index contributed by atoms with van der Waals surface area (Å²) >= 11 is 1.33. The van der Waals surface area contributed by atoms with E-state index in [1.54, 1.807) is 64.6 Å². The molecule has 0 radical (unpaired) electrons. The van der Waals surface area contributed by atoms with E-state index >= 15 is 0 Å². The van der Waals surface area contributed by atoms with Crippen LogP contribution in [-0.2, 0) is 9.47 Å². The van der Waals surface area contributed by atoms with E-state index in [9.17, 15) is 14.4 Å². The van der Waals surface area contributed by atoms with E-state index in [-0.39, 0.29) is 11.3 Å². The van der Waals surface area contributed by atoms with Crippen LogP contribution in [0.25, 0.3) is 27.3 Å². The minimum absolute atomic E-state index is 0.112. The molecule has 0 saturated heterocycles. The third-order valence-corrected chi connectivity index (χ3v) is 5.71. The number of carbonyl (C=O) groups excluding carboxylic acids is 2. The molecular weight excluding hydrogens is 470 g/mol. The van der Waals surface area contributed by atoms with Crippen molar-refractivity contribution in [2.24, 2.45) is 0 Å². The number of pyridine rings is 1. The minimum Gasteiger partial charge on any atom is -0.442 e. The fourth-order valence-corrected chi connectivity index (χ4v) is 4.34. The Morgan fingerprint density at radius 2 is 1.60 bits per heavy atom. The van der Waals surface area contributed by atoms with Gasteiger partial charge >= 0.3 is 12.2 Å². The zero-order chi connectivity index (χ0) is 25.7. The van der Waals surface area contributed by atoms with E-state index in [1.165, 1.54) is 11.3 Å². The number of fused-ring (bicyclic) bond motifs is 1. The Labute approximate surface area is 205 Å². The van der Waals surface area contributed by atoms with Gasteiger partial charge in [0.2, 0.25) is 0 Å². The van der Waals surface area contributed by atoms with Crippen molar-refractivity contribution in [2.45, 2.75) is 59.7 Å². The van der Waals surface area contributed by atoms with Gasteiger partial charge in [-0.3, -0.25) is 4.79 Å². The Kier molecular flexibility index (Phi) is 5.92. The SMILES string of the molecule is Cc1c(-c2csc(-c3cnn4ccccc34)n2)c(=O)n(C(=O)OC(C)(C)C)n1C(=O)OC(C)(C)C. The first-order valence-electron chi connectivity index (χ1n) is 11.0. The molecule has 4 aromatic heterocycles. The molecule has 0 unspecified atom stereocenters. The lowest BCUT2D eigenvalue weighted by Gasteiger charge is -2.23. The molecule has 35 heavy (non-hydrogen) atoms. The van der Waals surface area contributed by atoms with Gasteiger partial charge in [-0.1, -0.05) is 6.07 Å². The van der Waals surface area contributed by atoms with Gasteiger partial charge in [-0.05, 0) is 60.6 Å². The van der Waals surface area contributed by atoms with Crippen LogP contribution >= 0.6 is 11.3 Å². The molecule has 0 amide bonds. The van der Waals surface area contributed by atoms with E-state index in [0.717, 1.165) is 15.8 Å². The van der Waals surface area contributed by atoms with Crippen LogP contribution in [0.2, 0.25) is 0 Å².